The Morgan fingerprint density at radius 1 is 1.10 bits per heavy atom. The molecule has 3 saturated carbocycles. The van der Waals surface area contributed by atoms with E-state index in [-0.39, 0.29) is 12.3 Å². The summed E-state index contributed by atoms with van der Waals surface area (Å²) in [4.78, 5) is 38.0. The van der Waals surface area contributed by atoms with Gasteiger partial charge in [-0.25, -0.2) is 4.79 Å². The number of esters is 2. The normalized spacial score (nSPS) is 59.4. The van der Waals surface area contributed by atoms with Crippen LogP contribution >= 0.6 is 0 Å². The molecule has 0 radical (unpaired) electrons. The number of ether oxygens (including phenoxy) is 3. The summed E-state index contributed by atoms with van der Waals surface area (Å²) in [5.74, 6) is -2.81. The first-order valence-electron chi connectivity index (χ1n) is 10.1. The molecule has 158 valence electrons. The molecule has 9 heteroatoms. The number of aliphatic hydroxyl groups excluding tert-OH is 2. The van der Waals surface area contributed by atoms with Gasteiger partial charge in [-0.15, -0.1) is 0 Å². The fraction of sp³-hybridized carbons (Fsp3) is 0.850. The molecular weight excluding hydrogens is 384 g/mol. The van der Waals surface area contributed by atoms with Crippen LogP contribution in [0.15, 0.2) is 0 Å². The zero-order chi connectivity index (χ0) is 20.9. The number of fused-ring (bicyclic) bond motifs is 1. The number of hydrogen-bond donors (Lipinski definition) is 3. The summed E-state index contributed by atoms with van der Waals surface area (Å²) in [5.41, 5.74) is -7.37. The molecule has 3 saturated heterocycles. The van der Waals surface area contributed by atoms with Crippen molar-refractivity contribution in [3.8, 4) is 0 Å². The Morgan fingerprint density at radius 3 is 2.45 bits per heavy atom. The topological polar surface area (TPSA) is 140 Å². The van der Waals surface area contributed by atoms with Crippen molar-refractivity contribution < 1.29 is 43.9 Å². The van der Waals surface area contributed by atoms with Gasteiger partial charge in [0, 0.05) is 6.42 Å². The van der Waals surface area contributed by atoms with Crippen molar-refractivity contribution in [3.05, 3.63) is 0 Å². The van der Waals surface area contributed by atoms with Crippen LogP contribution in [0.3, 0.4) is 0 Å². The third kappa shape index (κ3) is 1.37. The van der Waals surface area contributed by atoms with Gasteiger partial charge in [-0.1, -0.05) is 20.8 Å². The largest absolute Gasteiger partial charge is 0.456 e. The van der Waals surface area contributed by atoms with Crippen LogP contribution in [0.2, 0.25) is 0 Å². The molecule has 29 heavy (non-hydrogen) atoms. The second kappa shape index (κ2) is 4.54. The molecule has 10 atom stereocenters. The maximum atomic E-state index is 13.4. The minimum absolute atomic E-state index is 0.0300. The van der Waals surface area contributed by atoms with E-state index in [9.17, 15) is 29.7 Å². The number of hydrogen-bond acceptors (Lipinski definition) is 9. The molecule has 0 aromatic rings. The van der Waals surface area contributed by atoms with E-state index >= 15 is 0 Å². The highest BCUT2D eigenvalue weighted by molar-refractivity contribution is 5.98. The summed E-state index contributed by atoms with van der Waals surface area (Å²) in [5, 5.41) is 34.4. The van der Waals surface area contributed by atoms with E-state index in [0.29, 0.717) is 6.42 Å². The van der Waals surface area contributed by atoms with Gasteiger partial charge in [0.05, 0.1) is 17.3 Å². The molecule has 0 amide bonds. The first-order chi connectivity index (χ1) is 13.4. The summed E-state index contributed by atoms with van der Waals surface area (Å²) in [6.45, 7) is 5.90. The fourth-order valence-electron chi connectivity index (χ4n) is 8.52. The lowest BCUT2D eigenvalue weighted by atomic mass is 9.51. The average Bonchev–Trinajstić information content (AvgIpc) is 3.31. The van der Waals surface area contributed by atoms with E-state index in [2.05, 4.69) is 0 Å². The standard InChI is InChI=1S/C20H24O9/c1-16(2,3)8-4-7-5-9(21)20-17(26)6-10(22)27-13(17)11(23)19(7,20)18(8)12(24)14(25)28-15(18)29-20/h7-8,11-13,15,23-24,26H,4-6H2,1-3H3/t7-,8-,11?,12-,13-,15-,17+,18?,19?,20?/m0/s1. The molecule has 0 aromatic heterocycles. The Morgan fingerprint density at radius 2 is 1.79 bits per heavy atom. The molecule has 6 rings (SSSR count). The van der Waals surface area contributed by atoms with Gasteiger partial charge < -0.3 is 29.5 Å². The Kier molecular flexibility index (Phi) is 2.85. The molecular formula is C20H24O9. The maximum absolute atomic E-state index is 13.4. The minimum Gasteiger partial charge on any atom is -0.456 e. The molecule has 2 spiro atoms. The highest BCUT2D eigenvalue weighted by Crippen LogP contribution is 2.86. The number of ketones is 1. The predicted octanol–water partition coefficient (Wildman–Crippen LogP) is -0.952. The smallest absolute Gasteiger partial charge is 0.338 e. The summed E-state index contributed by atoms with van der Waals surface area (Å²) in [6, 6.07) is 0. The van der Waals surface area contributed by atoms with Gasteiger partial charge in [-0.3, -0.25) is 9.59 Å². The predicted molar refractivity (Wildman–Crippen MR) is 90.7 cm³/mol. The molecule has 3 aliphatic carbocycles. The van der Waals surface area contributed by atoms with Gasteiger partial charge >= 0.3 is 11.9 Å². The molecule has 0 bridgehead atoms. The van der Waals surface area contributed by atoms with Gasteiger partial charge in [-0.05, 0) is 23.7 Å². The number of Topliss-reactive ketones (excluding diaryl/α,β-unsaturated/α-hetero) is 1. The summed E-state index contributed by atoms with van der Waals surface area (Å²) >= 11 is 0. The van der Waals surface area contributed by atoms with Gasteiger partial charge in [0.2, 0.25) is 6.29 Å². The lowest BCUT2D eigenvalue weighted by Crippen LogP contribution is -2.65. The van der Waals surface area contributed by atoms with E-state index in [0.717, 1.165) is 0 Å². The van der Waals surface area contributed by atoms with Crippen LogP contribution in [0.25, 0.3) is 0 Å². The highest BCUT2D eigenvalue weighted by Gasteiger charge is 3.01. The SMILES string of the molecule is CC(C)(C)[C@@H]1C[C@H]2CC(=O)C34O[C@@H]5OC(=O)[C@H](O)C51C23C(O)[C@@H]1OC(=O)C[C@@]14O. The van der Waals surface area contributed by atoms with Crippen molar-refractivity contribution in [3.63, 3.8) is 0 Å². The Hall–Kier alpha value is -1.55. The second-order valence-electron chi connectivity index (χ2n) is 10.7. The van der Waals surface area contributed by atoms with Gasteiger partial charge in [0.25, 0.3) is 0 Å². The summed E-state index contributed by atoms with van der Waals surface area (Å²) in [7, 11) is 0. The van der Waals surface area contributed by atoms with E-state index in [1.165, 1.54) is 0 Å². The number of carbonyl (C=O) groups excluding carboxylic acids is 3. The number of aliphatic hydroxyl groups is 3. The van der Waals surface area contributed by atoms with Gasteiger partial charge in [0.15, 0.2) is 29.2 Å². The van der Waals surface area contributed by atoms with Crippen molar-refractivity contribution >= 4 is 17.7 Å². The summed E-state index contributed by atoms with van der Waals surface area (Å²) in [6.07, 6.45) is -5.76. The highest BCUT2D eigenvalue weighted by atomic mass is 16.7. The average molecular weight is 408 g/mol. The van der Waals surface area contributed by atoms with Crippen LogP contribution in [-0.2, 0) is 28.6 Å². The quantitative estimate of drug-likeness (QED) is 0.433. The van der Waals surface area contributed by atoms with Crippen LogP contribution in [0.4, 0.5) is 0 Å². The van der Waals surface area contributed by atoms with Crippen LogP contribution in [0.5, 0.6) is 0 Å². The van der Waals surface area contributed by atoms with Crippen LogP contribution < -0.4 is 0 Å². The molecule has 6 fully saturated rings. The lowest BCUT2D eigenvalue weighted by Gasteiger charge is -2.49. The molecule has 3 heterocycles. The number of carbonyl (C=O) groups is 3. The third-order valence-electron chi connectivity index (χ3n) is 8.99. The molecule has 3 aliphatic heterocycles. The first kappa shape index (κ1) is 18.2. The van der Waals surface area contributed by atoms with Gasteiger partial charge in [-0.2, -0.15) is 0 Å². The Balaban J connectivity index is 1.71. The van der Waals surface area contributed by atoms with Crippen molar-refractivity contribution in [1.82, 2.24) is 0 Å². The Labute approximate surface area is 166 Å². The van der Waals surface area contributed by atoms with Crippen LogP contribution in [0, 0.1) is 28.1 Å². The molecule has 9 nitrogen and oxygen atoms in total. The maximum Gasteiger partial charge on any atom is 0.338 e. The van der Waals surface area contributed by atoms with E-state index < -0.39 is 82.1 Å². The summed E-state index contributed by atoms with van der Waals surface area (Å²) < 4.78 is 16.9. The van der Waals surface area contributed by atoms with Crippen LogP contribution in [-0.4, -0.2) is 68.8 Å². The zero-order valence-corrected chi connectivity index (χ0v) is 16.4. The van der Waals surface area contributed by atoms with Crippen molar-refractivity contribution in [1.29, 1.82) is 0 Å². The van der Waals surface area contributed by atoms with E-state index in [4.69, 9.17) is 14.2 Å². The lowest BCUT2D eigenvalue weighted by molar-refractivity contribution is -0.228. The van der Waals surface area contributed by atoms with Crippen molar-refractivity contribution in [2.75, 3.05) is 0 Å². The van der Waals surface area contributed by atoms with Crippen molar-refractivity contribution in [2.45, 2.75) is 75.8 Å². The van der Waals surface area contributed by atoms with Gasteiger partial charge in [0.1, 0.15) is 6.10 Å². The Bertz CT molecular complexity index is 893. The molecule has 4 unspecified atom stereocenters. The fourth-order valence-corrected chi connectivity index (χ4v) is 8.52. The van der Waals surface area contributed by atoms with E-state index in [1.54, 1.807) is 0 Å². The first-order valence-corrected chi connectivity index (χ1v) is 10.1. The second-order valence-corrected chi connectivity index (χ2v) is 10.7. The van der Waals surface area contributed by atoms with Crippen LogP contribution in [0.1, 0.15) is 40.0 Å². The minimum atomic E-state index is -2.08. The zero-order valence-electron chi connectivity index (χ0n) is 16.4. The van der Waals surface area contributed by atoms with Crippen molar-refractivity contribution in [2.24, 2.45) is 28.1 Å². The molecule has 3 N–H and O–H groups in total. The monoisotopic (exact) mass is 408 g/mol. The molecule has 6 aliphatic rings. The molecule has 0 aromatic carbocycles. The van der Waals surface area contributed by atoms with E-state index in [1.807, 2.05) is 20.8 Å². The number of rotatable bonds is 0. The third-order valence-corrected chi connectivity index (χ3v) is 8.99.